The summed E-state index contributed by atoms with van der Waals surface area (Å²) < 4.78 is 1.40. The first-order chi connectivity index (χ1) is 8.31. The number of azide groups is 1. The van der Waals surface area contributed by atoms with E-state index in [4.69, 9.17) is 5.53 Å². The van der Waals surface area contributed by atoms with Crippen molar-refractivity contribution in [1.82, 2.24) is 14.8 Å². The molecule has 2 aromatic rings. The Labute approximate surface area is 96.3 Å². The molecular weight excluding hydrogens is 220 g/mol. The van der Waals surface area contributed by atoms with Gasteiger partial charge in [-0.2, -0.15) is 0 Å². The number of nitrogens with one attached hydrogen (secondary N) is 1. The van der Waals surface area contributed by atoms with Gasteiger partial charge in [-0.05, 0) is 17.7 Å². The lowest BCUT2D eigenvalue weighted by molar-refractivity contribution is 0.607. The molecule has 0 unspecified atom stereocenters. The van der Waals surface area contributed by atoms with E-state index < -0.39 is 0 Å². The van der Waals surface area contributed by atoms with Crippen molar-refractivity contribution in [2.45, 2.75) is 6.54 Å². The van der Waals surface area contributed by atoms with Crippen LogP contribution in [0.4, 0.5) is 0 Å². The van der Waals surface area contributed by atoms with Gasteiger partial charge < -0.3 is 0 Å². The average molecular weight is 230 g/mol. The highest BCUT2D eigenvalue weighted by molar-refractivity contribution is 5.56. The van der Waals surface area contributed by atoms with Crippen LogP contribution in [0.5, 0.6) is 0 Å². The molecule has 0 bridgehead atoms. The fourth-order valence-corrected chi connectivity index (χ4v) is 1.46. The normalized spacial score (nSPS) is 9.88. The van der Waals surface area contributed by atoms with Crippen LogP contribution in [0.25, 0.3) is 21.7 Å². The number of pyridine rings is 1. The van der Waals surface area contributed by atoms with Gasteiger partial charge in [0.2, 0.25) is 0 Å². The Morgan fingerprint density at radius 2 is 2.47 bits per heavy atom. The molecule has 86 valence electrons. The van der Waals surface area contributed by atoms with Crippen LogP contribution >= 0.6 is 0 Å². The quantitative estimate of drug-likeness (QED) is 0.489. The Morgan fingerprint density at radius 1 is 1.59 bits per heavy atom. The molecular formula is C10H10N6O. The Kier molecular flexibility index (Phi) is 3.23. The number of rotatable bonds is 4. The summed E-state index contributed by atoms with van der Waals surface area (Å²) in [5.41, 5.74) is 9.53. The minimum absolute atomic E-state index is 0.156. The van der Waals surface area contributed by atoms with Crippen molar-refractivity contribution in [2.24, 2.45) is 5.11 Å². The van der Waals surface area contributed by atoms with Gasteiger partial charge in [-0.1, -0.05) is 5.11 Å². The molecule has 2 rings (SSSR count). The van der Waals surface area contributed by atoms with E-state index in [1.807, 2.05) is 6.07 Å². The molecule has 0 saturated carbocycles. The van der Waals surface area contributed by atoms with Gasteiger partial charge in [-0.25, -0.2) is 0 Å². The van der Waals surface area contributed by atoms with Crippen molar-refractivity contribution in [2.75, 3.05) is 6.54 Å². The number of hydrogen-bond acceptors (Lipinski definition) is 3. The topological polar surface area (TPSA) is 99.4 Å². The summed E-state index contributed by atoms with van der Waals surface area (Å²) in [7, 11) is 0. The molecule has 0 fully saturated rings. The Hall–Kier alpha value is -2.53. The van der Waals surface area contributed by atoms with Crippen LogP contribution in [0.3, 0.4) is 0 Å². The SMILES string of the molecule is [N-]=[N+]=NCCn1[nH]c(-c2cccnc2)cc1=O. The number of aromatic amines is 1. The van der Waals surface area contributed by atoms with E-state index in [2.05, 4.69) is 20.1 Å². The van der Waals surface area contributed by atoms with Crippen LogP contribution < -0.4 is 5.56 Å². The first-order valence-corrected chi connectivity index (χ1v) is 5.02. The predicted molar refractivity (Wildman–Crippen MR) is 62.3 cm³/mol. The van der Waals surface area contributed by atoms with E-state index in [0.29, 0.717) is 12.2 Å². The third kappa shape index (κ3) is 2.53. The van der Waals surface area contributed by atoms with Gasteiger partial charge in [0.25, 0.3) is 5.56 Å². The molecule has 0 spiro atoms. The maximum atomic E-state index is 11.6. The van der Waals surface area contributed by atoms with Crippen molar-refractivity contribution in [1.29, 1.82) is 0 Å². The molecule has 0 aliphatic rings. The number of hydrogen-bond donors (Lipinski definition) is 1. The Morgan fingerprint density at radius 3 is 3.18 bits per heavy atom. The van der Waals surface area contributed by atoms with E-state index in [0.717, 1.165) is 5.56 Å². The van der Waals surface area contributed by atoms with Crippen molar-refractivity contribution >= 4 is 0 Å². The van der Waals surface area contributed by atoms with Gasteiger partial charge in [0.15, 0.2) is 0 Å². The summed E-state index contributed by atoms with van der Waals surface area (Å²) in [6.45, 7) is 0.576. The van der Waals surface area contributed by atoms with Gasteiger partial charge in [0.1, 0.15) is 0 Å². The standard InChI is InChI=1S/C10H10N6O/c11-15-13-4-5-16-10(17)6-9(14-16)8-2-1-3-12-7-8/h1-3,6-7,14H,4-5H2. The monoisotopic (exact) mass is 230 g/mol. The van der Waals surface area contributed by atoms with Gasteiger partial charge >= 0.3 is 0 Å². The summed E-state index contributed by atoms with van der Waals surface area (Å²) in [6.07, 6.45) is 3.34. The van der Waals surface area contributed by atoms with Crippen molar-refractivity contribution in [3.63, 3.8) is 0 Å². The molecule has 0 aliphatic heterocycles. The highest BCUT2D eigenvalue weighted by Crippen LogP contribution is 2.12. The third-order valence-corrected chi connectivity index (χ3v) is 2.25. The molecule has 0 aliphatic carbocycles. The van der Waals surface area contributed by atoms with E-state index in [9.17, 15) is 4.79 Å². The second kappa shape index (κ2) is 5.00. The van der Waals surface area contributed by atoms with E-state index in [1.54, 1.807) is 18.5 Å². The smallest absolute Gasteiger partial charge is 0.267 e. The van der Waals surface area contributed by atoms with Gasteiger partial charge in [0.05, 0.1) is 5.69 Å². The number of H-pyrrole nitrogens is 1. The second-order valence-electron chi connectivity index (χ2n) is 3.36. The molecule has 1 N–H and O–H groups in total. The summed E-state index contributed by atoms with van der Waals surface area (Å²) in [4.78, 5) is 18.2. The molecule has 0 aromatic carbocycles. The molecule has 0 radical (unpaired) electrons. The lowest BCUT2D eigenvalue weighted by Gasteiger charge is -1.98. The van der Waals surface area contributed by atoms with Crippen LogP contribution in [0.1, 0.15) is 0 Å². The van der Waals surface area contributed by atoms with Crippen LogP contribution in [0, 0.1) is 0 Å². The molecule has 2 heterocycles. The average Bonchev–Trinajstić information content (AvgIpc) is 2.73. The maximum Gasteiger partial charge on any atom is 0.267 e. The van der Waals surface area contributed by atoms with E-state index >= 15 is 0 Å². The first kappa shape index (κ1) is 11.0. The summed E-state index contributed by atoms with van der Waals surface area (Å²) in [5.74, 6) is 0. The first-order valence-electron chi connectivity index (χ1n) is 5.02. The zero-order chi connectivity index (χ0) is 12.1. The largest absolute Gasteiger partial charge is 0.295 e. The Balaban J connectivity index is 2.25. The number of aromatic nitrogens is 3. The molecule has 0 saturated heterocycles. The number of nitrogens with zero attached hydrogens (tertiary/aromatic N) is 5. The molecule has 7 nitrogen and oxygen atoms in total. The van der Waals surface area contributed by atoms with E-state index in [1.165, 1.54) is 10.7 Å². The lowest BCUT2D eigenvalue weighted by atomic mass is 10.2. The minimum atomic E-state index is -0.156. The minimum Gasteiger partial charge on any atom is -0.295 e. The van der Waals surface area contributed by atoms with Crippen molar-refractivity contribution in [3.8, 4) is 11.3 Å². The maximum absolute atomic E-state index is 11.6. The fourth-order valence-electron chi connectivity index (χ4n) is 1.46. The molecule has 7 heteroatoms. The molecule has 2 aromatic heterocycles. The van der Waals surface area contributed by atoms with Crippen LogP contribution in [0.15, 0.2) is 40.5 Å². The molecule has 17 heavy (non-hydrogen) atoms. The Bertz CT molecular complexity index is 593. The summed E-state index contributed by atoms with van der Waals surface area (Å²) >= 11 is 0. The summed E-state index contributed by atoms with van der Waals surface area (Å²) in [5, 5.41) is 6.32. The van der Waals surface area contributed by atoms with Crippen LogP contribution in [-0.2, 0) is 6.54 Å². The van der Waals surface area contributed by atoms with E-state index in [-0.39, 0.29) is 12.1 Å². The van der Waals surface area contributed by atoms with Gasteiger partial charge in [0, 0.05) is 42.0 Å². The van der Waals surface area contributed by atoms with Gasteiger partial charge in [-0.3, -0.25) is 19.6 Å². The van der Waals surface area contributed by atoms with Crippen molar-refractivity contribution in [3.05, 3.63) is 51.4 Å². The van der Waals surface area contributed by atoms with Crippen LogP contribution in [0.2, 0.25) is 0 Å². The third-order valence-electron chi connectivity index (χ3n) is 2.25. The zero-order valence-electron chi connectivity index (χ0n) is 8.95. The second-order valence-corrected chi connectivity index (χ2v) is 3.36. The molecule has 0 atom stereocenters. The van der Waals surface area contributed by atoms with Gasteiger partial charge in [-0.15, -0.1) is 0 Å². The zero-order valence-corrected chi connectivity index (χ0v) is 8.95. The predicted octanol–water partition coefficient (Wildman–Crippen LogP) is 1.55. The fraction of sp³-hybridized carbons (Fsp3) is 0.200. The highest BCUT2D eigenvalue weighted by Gasteiger charge is 2.04. The lowest BCUT2D eigenvalue weighted by Crippen LogP contribution is -2.17. The summed E-state index contributed by atoms with van der Waals surface area (Å²) in [6, 6.07) is 5.15. The molecule has 0 amide bonds. The van der Waals surface area contributed by atoms with Crippen LogP contribution in [-0.4, -0.2) is 21.3 Å². The highest BCUT2D eigenvalue weighted by atomic mass is 16.1. The van der Waals surface area contributed by atoms with Crippen molar-refractivity contribution < 1.29 is 0 Å².